The van der Waals surface area contributed by atoms with Gasteiger partial charge >= 0.3 is 0 Å². The van der Waals surface area contributed by atoms with Gasteiger partial charge in [-0.25, -0.2) is 13.4 Å². The second-order valence-electron chi connectivity index (χ2n) is 6.30. The van der Waals surface area contributed by atoms with Crippen LogP contribution in [0.1, 0.15) is 30.9 Å². The number of hydrogen-bond donors (Lipinski definition) is 2. The van der Waals surface area contributed by atoms with E-state index in [4.69, 9.17) is 0 Å². The minimum absolute atomic E-state index is 0. The zero-order valence-electron chi connectivity index (χ0n) is 16.0. The molecule has 0 fully saturated rings. The van der Waals surface area contributed by atoms with E-state index < -0.39 is 9.84 Å². The molecule has 0 spiro atoms. The van der Waals surface area contributed by atoms with Gasteiger partial charge in [0.05, 0.1) is 11.4 Å². The van der Waals surface area contributed by atoms with Crippen LogP contribution in [0.4, 0.5) is 0 Å². The fourth-order valence-electron chi connectivity index (χ4n) is 2.50. The molecule has 7 heteroatoms. The first-order chi connectivity index (χ1) is 12.4. The number of guanidine groups is 1. The maximum atomic E-state index is 11.5. The highest BCUT2D eigenvalue weighted by Crippen LogP contribution is 2.13. The Bertz CT molecular complexity index is 822. The van der Waals surface area contributed by atoms with E-state index in [0.717, 1.165) is 24.6 Å². The molecule has 2 aromatic rings. The van der Waals surface area contributed by atoms with Crippen LogP contribution >= 0.6 is 24.0 Å². The average molecular weight is 501 g/mol. The van der Waals surface area contributed by atoms with Gasteiger partial charge in [0.15, 0.2) is 15.8 Å². The van der Waals surface area contributed by atoms with Crippen molar-refractivity contribution in [3.8, 4) is 0 Å². The summed E-state index contributed by atoms with van der Waals surface area (Å²) in [4.78, 5) is 4.91. The molecule has 27 heavy (non-hydrogen) atoms. The second kappa shape index (κ2) is 11.3. The smallest absolute Gasteiger partial charge is 0.191 e. The molecule has 5 nitrogen and oxygen atoms in total. The van der Waals surface area contributed by atoms with Gasteiger partial charge in [0.1, 0.15) is 0 Å². The van der Waals surface area contributed by atoms with Crippen LogP contribution in [0.2, 0.25) is 0 Å². The van der Waals surface area contributed by atoms with Crippen molar-refractivity contribution >= 4 is 39.8 Å². The molecule has 0 bridgehead atoms. The van der Waals surface area contributed by atoms with Crippen LogP contribution in [0, 0.1) is 0 Å². The van der Waals surface area contributed by atoms with Crippen molar-refractivity contribution in [2.75, 3.05) is 19.3 Å². The van der Waals surface area contributed by atoms with Crippen LogP contribution < -0.4 is 10.6 Å². The predicted molar refractivity (Wildman–Crippen MR) is 123 cm³/mol. The quantitative estimate of drug-likeness (QED) is 0.346. The molecule has 2 N–H and O–H groups in total. The lowest BCUT2D eigenvalue weighted by molar-refractivity contribution is 0.602. The lowest BCUT2D eigenvalue weighted by Gasteiger charge is -2.16. The van der Waals surface area contributed by atoms with E-state index in [0.29, 0.717) is 17.4 Å². The molecule has 2 rings (SSSR count). The number of aliphatic imine (C=N–C) groups is 1. The Hall–Kier alpha value is -1.61. The fraction of sp³-hybridized carbons (Fsp3) is 0.350. The molecule has 2 aromatic carbocycles. The molecule has 0 heterocycles. The van der Waals surface area contributed by atoms with Crippen molar-refractivity contribution < 1.29 is 8.42 Å². The Morgan fingerprint density at radius 1 is 1.04 bits per heavy atom. The number of nitrogens with one attached hydrogen (secondary N) is 2. The first kappa shape index (κ1) is 23.4. The predicted octanol–water partition coefficient (Wildman–Crippen LogP) is 3.57. The molecule has 1 unspecified atom stereocenters. The summed E-state index contributed by atoms with van der Waals surface area (Å²) in [6.45, 7) is 6.25. The molecule has 0 aliphatic heterocycles. The van der Waals surface area contributed by atoms with Gasteiger partial charge in [-0.1, -0.05) is 49.4 Å². The molecule has 1 atom stereocenters. The Morgan fingerprint density at radius 2 is 1.67 bits per heavy atom. The minimum atomic E-state index is -3.16. The molecule has 0 saturated heterocycles. The van der Waals surface area contributed by atoms with E-state index in [9.17, 15) is 8.42 Å². The van der Waals surface area contributed by atoms with Crippen molar-refractivity contribution in [3.05, 3.63) is 65.7 Å². The number of halogens is 1. The molecule has 148 valence electrons. The van der Waals surface area contributed by atoms with E-state index >= 15 is 0 Å². The highest BCUT2D eigenvalue weighted by molar-refractivity contribution is 14.0. The fourth-order valence-corrected chi connectivity index (χ4v) is 3.13. The lowest BCUT2D eigenvalue weighted by atomic mass is 10.0. The summed E-state index contributed by atoms with van der Waals surface area (Å²) >= 11 is 0. The van der Waals surface area contributed by atoms with Crippen LogP contribution in [-0.4, -0.2) is 33.7 Å². The van der Waals surface area contributed by atoms with Crippen molar-refractivity contribution in [2.45, 2.75) is 31.2 Å². The van der Waals surface area contributed by atoms with Crippen LogP contribution in [-0.2, 0) is 16.4 Å². The third kappa shape index (κ3) is 7.88. The van der Waals surface area contributed by atoms with Crippen molar-refractivity contribution in [1.29, 1.82) is 0 Å². The zero-order chi connectivity index (χ0) is 19.0. The third-order valence-corrected chi connectivity index (χ3v) is 5.19. The van der Waals surface area contributed by atoms with Gasteiger partial charge in [-0.15, -0.1) is 24.0 Å². The van der Waals surface area contributed by atoms with Gasteiger partial charge in [-0.2, -0.15) is 0 Å². The Balaban J connectivity index is 0.00000364. The van der Waals surface area contributed by atoms with Crippen molar-refractivity contribution in [3.63, 3.8) is 0 Å². The Morgan fingerprint density at radius 3 is 2.22 bits per heavy atom. The monoisotopic (exact) mass is 501 g/mol. The van der Waals surface area contributed by atoms with E-state index in [2.05, 4.69) is 34.7 Å². The number of rotatable bonds is 7. The van der Waals surface area contributed by atoms with E-state index in [1.54, 1.807) is 24.3 Å². The van der Waals surface area contributed by atoms with Gasteiger partial charge < -0.3 is 10.6 Å². The van der Waals surface area contributed by atoms with Crippen LogP contribution in [0.3, 0.4) is 0 Å². The Kier molecular flexibility index (Phi) is 9.79. The first-order valence-corrected chi connectivity index (χ1v) is 10.7. The molecule has 0 aliphatic rings. The molecule has 0 amide bonds. The lowest BCUT2D eigenvalue weighted by Crippen LogP contribution is -2.39. The molecule has 0 aromatic heterocycles. The van der Waals surface area contributed by atoms with Gasteiger partial charge in [0.2, 0.25) is 0 Å². The average Bonchev–Trinajstić information content (AvgIpc) is 2.64. The summed E-state index contributed by atoms with van der Waals surface area (Å²) in [5.74, 6) is 1.12. The maximum Gasteiger partial charge on any atom is 0.191 e. The van der Waals surface area contributed by atoms with Crippen molar-refractivity contribution in [2.24, 2.45) is 4.99 Å². The van der Waals surface area contributed by atoms with E-state index in [1.165, 1.54) is 11.8 Å². The SMILES string of the molecule is CCNC(=NCc1ccc(S(C)(=O)=O)cc1)NCC(C)c1ccccc1.I. The largest absolute Gasteiger partial charge is 0.357 e. The normalized spacial score (nSPS) is 12.8. The molecule has 0 saturated carbocycles. The number of hydrogen-bond acceptors (Lipinski definition) is 3. The van der Waals surface area contributed by atoms with E-state index in [1.807, 2.05) is 25.1 Å². The summed E-state index contributed by atoms with van der Waals surface area (Å²) in [7, 11) is -3.16. The maximum absolute atomic E-state index is 11.5. The first-order valence-electron chi connectivity index (χ1n) is 8.76. The standard InChI is InChI=1S/C20H27N3O2S.HI/c1-4-21-20(22-14-16(2)18-8-6-5-7-9-18)23-15-17-10-12-19(13-11-17)26(3,24)25;/h5-13,16H,4,14-15H2,1-3H3,(H2,21,22,23);1H. The highest BCUT2D eigenvalue weighted by Gasteiger charge is 2.07. The molecule has 0 radical (unpaired) electrons. The topological polar surface area (TPSA) is 70.6 Å². The summed E-state index contributed by atoms with van der Waals surface area (Å²) in [6.07, 6.45) is 1.21. The van der Waals surface area contributed by atoms with E-state index in [-0.39, 0.29) is 24.0 Å². The highest BCUT2D eigenvalue weighted by atomic mass is 127. The number of sulfone groups is 1. The Labute approximate surface area is 179 Å². The van der Waals surface area contributed by atoms with Crippen LogP contribution in [0.5, 0.6) is 0 Å². The number of benzene rings is 2. The van der Waals surface area contributed by atoms with Gasteiger partial charge in [0, 0.05) is 19.3 Å². The number of nitrogens with zero attached hydrogens (tertiary/aromatic N) is 1. The summed E-state index contributed by atoms with van der Waals surface area (Å²) in [6, 6.07) is 17.2. The van der Waals surface area contributed by atoms with Gasteiger partial charge in [-0.05, 0) is 36.1 Å². The molecule has 0 aliphatic carbocycles. The minimum Gasteiger partial charge on any atom is -0.357 e. The molecular formula is C20H28IN3O2S. The van der Waals surface area contributed by atoms with Crippen molar-refractivity contribution in [1.82, 2.24) is 10.6 Å². The zero-order valence-corrected chi connectivity index (χ0v) is 19.1. The van der Waals surface area contributed by atoms with Gasteiger partial charge in [0.25, 0.3) is 0 Å². The van der Waals surface area contributed by atoms with Gasteiger partial charge in [-0.3, -0.25) is 0 Å². The molecular weight excluding hydrogens is 473 g/mol. The second-order valence-corrected chi connectivity index (χ2v) is 8.32. The summed E-state index contributed by atoms with van der Waals surface area (Å²) < 4.78 is 23.0. The van der Waals surface area contributed by atoms with Crippen LogP contribution in [0.25, 0.3) is 0 Å². The van der Waals surface area contributed by atoms with Crippen LogP contribution in [0.15, 0.2) is 64.5 Å². The summed E-state index contributed by atoms with van der Waals surface area (Å²) in [5.41, 5.74) is 2.25. The summed E-state index contributed by atoms with van der Waals surface area (Å²) in [5, 5.41) is 6.61. The third-order valence-electron chi connectivity index (χ3n) is 4.06.